The molecule has 6 heteroatoms. The summed E-state index contributed by atoms with van der Waals surface area (Å²) in [5, 5.41) is 10.2. The molecular weight excluding hydrogens is 376 g/mol. The fraction of sp³-hybridized carbons (Fsp3) is 0.0833. The zero-order valence-corrected chi connectivity index (χ0v) is 16.2. The molecular formula is C24H18N4O2. The first-order chi connectivity index (χ1) is 14.4. The predicted molar refractivity (Wildman–Crippen MR) is 124 cm³/mol. The number of anilines is 4. The van der Waals surface area contributed by atoms with Gasteiger partial charge in [-0.1, -0.05) is 6.07 Å². The van der Waals surface area contributed by atoms with Crippen molar-refractivity contribution in [3.63, 3.8) is 0 Å². The van der Waals surface area contributed by atoms with Crippen LogP contribution >= 0.6 is 0 Å². The highest BCUT2D eigenvalue weighted by atomic mass is 16.1. The third-order valence-electron chi connectivity index (χ3n) is 6.33. The van der Waals surface area contributed by atoms with Crippen LogP contribution < -0.4 is 22.5 Å². The summed E-state index contributed by atoms with van der Waals surface area (Å²) in [4.78, 5) is 25.7. The Balaban J connectivity index is 2.05. The van der Waals surface area contributed by atoms with Crippen molar-refractivity contribution in [1.29, 1.82) is 0 Å². The minimum absolute atomic E-state index is 0.171. The molecule has 0 bridgehead atoms. The predicted octanol–water partition coefficient (Wildman–Crippen LogP) is 4.29. The molecule has 1 aliphatic rings. The molecule has 0 heterocycles. The van der Waals surface area contributed by atoms with Crippen LogP contribution in [-0.2, 0) is 0 Å². The number of carbonyl (C=O) groups is 2. The van der Waals surface area contributed by atoms with Crippen molar-refractivity contribution < 1.29 is 9.59 Å². The van der Waals surface area contributed by atoms with Crippen LogP contribution in [0.15, 0.2) is 36.4 Å². The smallest absolute Gasteiger partial charge is 0.173 e. The molecule has 1 aliphatic carbocycles. The number of Topliss-reactive ketones (excluding diaryl/α,β-unsaturated/α-hetero) is 2. The van der Waals surface area contributed by atoms with E-state index in [0.29, 0.717) is 39.3 Å². The molecule has 5 aromatic rings. The first kappa shape index (κ1) is 16.9. The number of nitrogens with two attached hydrogens (primary N) is 3. The molecule has 0 aliphatic heterocycles. The highest BCUT2D eigenvalue weighted by Crippen LogP contribution is 2.48. The third-order valence-corrected chi connectivity index (χ3v) is 6.33. The van der Waals surface area contributed by atoms with Crippen molar-refractivity contribution >= 4 is 77.4 Å². The summed E-state index contributed by atoms with van der Waals surface area (Å²) in [6.45, 7) is 0. The van der Waals surface area contributed by atoms with Gasteiger partial charge in [-0.05, 0) is 62.6 Å². The highest BCUT2D eigenvalue weighted by Gasteiger charge is 2.32. The molecule has 7 N–H and O–H groups in total. The van der Waals surface area contributed by atoms with Gasteiger partial charge in [0.25, 0.3) is 0 Å². The lowest BCUT2D eigenvalue weighted by atomic mass is 9.79. The van der Waals surface area contributed by atoms with Gasteiger partial charge in [-0.15, -0.1) is 0 Å². The maximum atomic E-state index is 12.9. The van der Waals surface area contributed by atoms with Gasteiger partial charge in [-0.2, -0.15) is 0 Å². The lowest BCUT2D eigenvalue weighted by Gasteiger charge is -2.24. The summed E-state index contributed by atoms with van der Waals surface area (Å²) in [5.74, 6) is -0.433. The second kappa shape index (κ2) is 5.30. The summed E-state index contributed by atoms with van der Waals surface area (Å²) >= 11 is 0. The number of benzene rings is 5. The molecule has 0 saturated heterocycles. The summed E-state index contributed by atoms with van der Waals surface area (Å²) in [7, 11) is 1.77. The van der Waals surface area contributed by atoms with Gasteiger partial charge in [0.2, 0.25) is 0 Å². The highest BCUT2D eigenvalue weighted by molar-refractivity contribution is 6.42. The number of hydrogen-bond donors (Lipinski definition) is 4. The van der Waals surface area contributed by atoms with Crippen molar-refractivity contribution in [2.45, 2.75) is 6.42 Å². The van der Waals surface area contributed by atoms with Gasteiger partial charge in [0.05, 0.1) is 6.42 Å². The third kappa shape index (κ3) is 1.83. The Hall–Kier alpha value is -4.06. The Bertz CT molecular complexity index is 1620. The van der Waals surface area contributed by atoms with Crippen molar-refractivity contribution in [1.82, 2.24) is 0 Å². The van der Waals surface area contributed by atoms with E-state index >= 15 is 0 Å². The molecule has 0 unspecified atom stereocenters. The van der Waals surface area contributed by atoms with Crippen LogP contribution in [0.2, 0.25) is 0 Å². The van der Waals surface area contributed by atoms with Gasteiger partial charge in [0.1, 0.15) is 0 Å². The standard InChI is InChI=1S/C24H18N4O2/c1-28-17-7-13-10-2-3-15(26)14-5-9(25)4-11(20(10)14)12-6-16(27)22-18(29)8-19(30)23(17)24(22)21(12)13/h2-7,28H,8,25-27H2,1H3. The van der Waals surface area contributed by atoms with Gasteiger partial charge < -0.3 is 22.5 Å². The van der Waals surface area contributed by atoms with Crippen LogP contribution in [0, 0.1) is 0 Å². The molecule has 0 aromatic heterocycles. The van der Waals surface area contributed by atoms with E-state index in [0.717, 1.165) is 37.7 Å². The van der Waals surface area contributed by atoms with Crippen LogP contribution in [0.5, 0.6) is 0 Å². The van der Waals surface area contributed by atoms with E-state index < -0.39 is 0 Å². The minimum atomic E-state index is -0.239. The first-order valence-corrected chi connectivity index (χ1v) is 9.70. The van der Waals surface area contributed by atoms with Gasteiger partial charge in [-0.25, -0.2) is 0 Å². The summed E-state index contributed by atoms with van der Waals surface area (Å²) in [6, 6.07) is 11.5. The minimum Gasteiger partial charge on any atom is -0.399 e. The van der Waals surface area contributed by atoms with E-state index in [1.807, 2.05) is 36.4 Å². The molecule has 0 saturated carbocycles. The molecule has 6 nitrogen and oxygen atoms in total. The Morgan fingerprint density at radius 1 is 0.700 bits per heavy atom. The van der Waals surface area contributed by atoms with Crippen LogP contribution in [0.4, 0.5) is 22.7 Å². The van der Waals surface area contributed by atoms with Crippen LogP contribution in [0.25, 0.3) is 43.1 Å². The molecule has 0 spiro atoms. The van der Waals surface area contributed by atoms with E-state index in [9.17, 15) is 9.59 Å². The zero-order valence-electron chi connectivity index (χ0n) is 16.2. The maximum absolute atomic E-state index is 12.9. The quantitative estimate of drug-likeness (QED) is 0.145. The molecule has 6 rings (SSSR count). The van der Waals surface area contributed by atoms with Gasteiger partial charge in [0.15, 0.2) is 11.6 Å². The molecule has 0 amide bonds. The molecule has 0 radical (unpaired) electrons. The molecule has 0 fully saturated rings. The van der Waals surface area contributed by atoms with Crippen LogP contribution in [-0.4, -0.2) is 18.6 Å². The largest absolute Gasteiger partial charge is 0.399 e. The Morgan fingerprint density at radius 2 is 1.37 bits per heavy atom. The van der Waals surface area contributed by atoms with Gasteiger partial charge in [0, 0.05) is 51.7 Å². The number of fused-ring (bicyclic) bond motifs is 2. The van der Waals surface area contributed by atoms with E-state index in [1.165, 1.54) is 0 Å². The molecule has 30 heavy (non-hydrogen) atoms. The summed E-state index contributed by atoms with van der Waals surface area (Å²) in [6.07, 6.45) is -0.171. The lowest BCUT2D eigenvalue weighted by molar-refractivity contribution is 0.0891. The van der Waals surface area contributed by atoms with Crippen LogP contribution in [0.3, 0.4) is 0 Å². The molecule has 146 valence electrons. The van der Waals surface area contributed by atoms with Crippen molar-refractivity contribution in [2.24, 2.45) is 0 Å². The van der Waals surface area contributed by atoms with Gasteiger partial charge in [-0.3, -0.25) is 9.59 Å². The lowest BCUT2D eigenvalue weighted by Crippen LogP contribution is -2.19. The number of ketones is 2. The summed E-state index contributed by atoms with van der Waals surface area (Å²) in [5.41, 5.74) is 22.1. The van der Waals surface area contributed by atoms with E-state index in [4.69, 9.17) is 17.2 Å². The monoisotopic (exact) mass is 394 g/mol. The number of carbonyl (C=O) groups excluding carboxylic acids is 2. The van der Waals surface area contributed by atoms with Crippen molar-refractivity contribution in [3.8, 4) is 0 Å². The number of nitrogen functional groups attached to an aromatic ring is 3. The first-order valence-electron chi connectivity index (χ1n) is 9.70. The average molecular weight is 394 g/mol. The number of hydrogen-bond acceptors (Lipinski definition) is 6. The maximum Gasteiger partial charge on any atom is 0.173 e. The second-order valence-electron chi connectivity index (χ2n) is 7.95. The normalized spacial score (nSPS) is 13.9. The fourth-order valence-corrected chi connectivity index (χ4v) is 5.16. The Labute approximate surface area is 170 Å². The Morgan fingerprint density at radius 3 is 2.13 bits per heavy atom. The summed E-state index contributed by atoms with van der Waals surface area (Å²) < 4.78 is 0. The molecule has 0 atom stereocenters. The number of nitrogens with one attached hydrogen (secondary N) is 1. The topological polar surface area (TPSA) is 124 Å². The average Bonchev–Trinajstić information content (AvgIpc) is 2.71. The van der Waals surface area contributed by atoms with Gasteiger partial charge >= 0.3 is 0 Å². The Kier molecular flexibility index (Phi) is 2.98. The van der Waals surface area contributed by atoms with Crippen LogP contribution in [0.1, 0.15) is 27.1 Å². The van der Waals surface area contributed by atoms with Crippen molar-refractivity contribution in [3.05, 3.63) is 47.5 Å². The SMILES string of the molecule is CNc1cc2c3ccc(N)c4cc(N)cc(c5cc(N)c6c(c1C(=O)CC6=O)c52)c43. The fourth-order valence-electron chi connectivity index (χ4n) is 5.16. The zero-order chi connectivity index (χ0) is 20.9. The van der Waals surface area contributed by atoms with E-state index in [2.05, 4.69) is 5.32 Å². The van der Waals surface area contributed by atoms with E-state index in [-0.39, 0.29) is 18.0 Å². The second-order valence-corrected chi connectivity index (χ2v) is 7.95. The molecule has 5 aromatic carbocycles. The number of rotatable bonds is 1. The van der Waals surface area contributed by atoms with Crippen molar-refractivity contribution in [2.75, 3.05) is 29.6 Å². The van der Waals surface area contributed by atoms with E-state index in [1.54, 1.807) is 7.05 Å².